The van der Waals surface area contributed by atoms with Gasteiger partial charge in [0.2, 0.25) is 5.91 Å². The predicted octanol–water partition coefficient (Wildman–Crippen LogP) is 2.44. The number of amides is 1. The number of furan rings is 1. The van der Waals surface area contributed by atoms with Crippen LogP contribution >= 0.6 is 11.3 Å². The maximum absolute atomic E-state index is 11.9. The van der Waals surface area contributed by atoms with Crippen molar-refractivity contribution in [2.45, 2.75) is 33.0 Å². The molecule has 2 N–H and O–H groups in total. The molecule has 0 saturated heterocycles. The Balaban J connectivity index is 1.75. The van der Waals surface area contributed by atoms with E-state index in [1.54, 1.807) is 17.6 Å². The molecule has 0 aliphatic carbocycles. The number of carbonyl (C=O) groups excluding carboxylic acids is 1. The summed E-state index contributed by atoms with van der Waals surface area (Å²) in [7, 11) is 0. The number of nitrogens with one attached hydrogen (secondary N) is 2. The summed E-state index contributed by atoms with van der Waals surface area (Å²) in [6, 6.07) is 5.51. The second-order valence-electron chi connectivity index (χ2n) is 4.43. The predicted molar refractivity (Wildman–Crippen MR) is 75.9 cm³/mol. The smallest absolute Gasteiger partial charge is 0.237 e. The van der Waals surface area contributed by atoms with Crippen LogP contribution in [0.2, 0.25) is 0 Å². The van der Waals surface area contributed by atoms with Gasteiger partial charge in [-0.05, 0) is 43.0 Å². The summed E-state index contributed by atoms with van der Waals surface area (Å²) in [5, 5.41) is 8.12. The molecule has 102 valence electrons. The van der Waals surface area contributed by atoms with Crippen LogP contribution in [-0.4, -0.2) is 11.9 Å². The highest BCUT2D eigenvalue weighted by Crippen LogP contribution is 2.14. The molecule has 0 bridgehead atoms. The van der Waals surface area contributed by atoms with Gasteiger partial charge in [-0.2, -0.15) is 0 Å². The average Bonchev–Trinajstić information content (AvgIpc) is 3.04. The third kappa shape index (κ3) is 3.94. The van der Waals surface area contributed by atoms with E-state index in [1.165, 1.54) is 10.4 Å². The average molecular weight is 278 g/mol. The molecule has 5 heteroatoms. The molecule has 1 amide bonds. The molecule has 4 nitrogen and oxygen atoms in total. The molecule has 2 aromatic heterocycles. The highest BCUT2D eigenvalue weighted by Gasteiger charge is 2.12. The highest BCUT2D eigenvalue weighted by molar-refractivity contribution is 7.10. The minimum Gasteiger partial charge on any atom is -0.467 e. The summed E-state index contributed by atoms with van der Waals surface area (Å²) < 4.78 is 5.16. The number of aryl methyl sites for hydroxylation is 1. The fourth-order valence-electron chi connectivity index (χ4n) is 1.66. The lowest BCUT2D eigenvalue weighted by Gasteiger charge is -2.13. The Bertz CT molecular complexity index is 519. The van der Waals surface area contributed by atoms with E-state index in [0.717, 1.165) is 12.3 Å². The summed E-state index contributed by atoms with van der Waals surface area (Å²) in [4.78, 5) is 13.1. The Morgan fingerprint density at radius 2 is 2.26 bits per heavy atom. The summed E-state index contributed by atoms with van der Waals surface area (Å²) in [5.74, 6) is 0.736. The molecular formula is C14H18N2O2S. The van der Waals surface area contributed by atoms with E-state index in [0.29, 0.717) is 6.54 Å². The van der Waals surface area contributed by atoms with Gasteiger partial charge in [-0.15, -0.1) is 11.3 Å². The SMILES string of the molecule is Cc1ccsc1CNC(C)C(=O)NCc1ccco1. The van der Waals surface area contributed by atoms with Crippen molar-refractivity contribution in [3.05, 3.63) is 46.0 Å². The van der Waals surface area contributed by atoms with Gasteiger partial charge in [0.25, 0.3) is 0 Å². The van der Waals surface area contributed by atoms with Gasteiger partial charge in [0.15, 0.2) is 0 Å². The molecule has 0 saturated carbocycles. The van der Waals surface area contributed by atoms with Gasteiger partial charge in [0.05, 0.1) is 18.8 Å². The van der Waals surface area contributed by atoms with E-state index >= 15 is 0 Å². The molecule has 19 heavy (non-hydrogen) atoms. The van der Waals surface area contributed by atoms with Crippen molar-refractivity contribution in [1.29, 1.82) is 0 Å². The van der Waals surface area contributed by atoms with Crippen molar-refractivity contribution in [1.82, 2.24) is 10.6 Å². The Labute approximate surface area is 116 Å². The van der Waals surface area contributed by atoms with Crippen molar-refractivity contribution in [2.24, 2.45) is 0 Å². The molecular weight excluding hydrogens is 260 g/mol. The topological polar surface area (TPSA) is 54.3 Å². The van der Waals surface area contributed by atoms with E-state index in [4.69, 9.17) is 4.42 Å². The number of hydrogen-bond acceptors (Lipinski definition) is 4. The van der Waals surface area contributed by atoms with E-state index in [1.807, 2.05) is 19.1 Å². The van der Waals surface area contributed by atoms with Crippen LogP contribution < -0.4 is 10.6 Å². The largest absolute Gasteiger partial charge is 0.467 e. The Morgan fingerprint density at radius 1 is 1.42 bits per heavy atom. The van der Waals surface area contributed by atoms with Crippen molar-refractivity contribution in [3.63, 3.8) is 0 Å². The van der Waals surface area contributed by atoms with Gasteiger partial charge >= 0.3 is 0 Å². The maximum Gasteiger partial charge on any atom is 0.237 e. The molecule has 2 rings (SSSR count). The highest BCUT2D eigenvalue weighted by atomic mass is 32.1. The zero-order chi connectivity index (χ0) is 13.7. The first-order valence-corrected chi connectivity index (χ1v) is 7.11. The van der Waals surface area contributed by atoms with Gasteiger partial charge in [-0.3, -0.25) is 4.79 Å². The molecule has 1 unspecified atom stereocenters. The standard InChI is InChI=1S/C14H18N2O2S/c1-10-5-7-19-13(10)9-15-11(2)14(17)16-8-12-4-3-6-18-12/h3-7,11,15H,8-9H2,1-2H3,(H,16,17). The molecule has 0 aliphatic heterocycles. The molecule has 0 spiro atoms. The van der Waals surface area contributed by atoms with Crippen LogP contribution in [0.25, 0.3) is 0 Å². The van der Waals surface area contributed by atoms with Gasteiger partial charge in [0.1, 0.15) is 5.76 Å². The van der Waals surface area contributed by atoms with E-state index in [2.05, 4.69) is 29.0 Å². The third-order valence-electron chi connectivity index (χ3n) is 2.95. The zero-order valence-electron chi connectivity index (χ0n) is 11.1. The van der Waals surface area contributed by atoms with E-state index in [9.17, 15) is 4.79 Å². The first-order valence-electron chi connectivity index (χ1n) is 6.23. The molecule has 1 atom stereocenters. The van der Waals surface area contributed by atoms with Crippen LogP contribution in [0.1, 0.15) is 23.1 Å². The zero-order valence-corrected chi connectivity index (χ0v) is 11.9. The summed E-state index contributed by atoms with van der Waals surface area (Å²) in [6.07, 6.45) is 1.60. The fraction of sp³-hybridized carbons (Fsp3) is 0.357. The lowest BCUT2D eigenvalue weighted by Crippen LogP contribution is -2.41. The van der Waals surface area contributed by atoms with Crippen LogP contribution in [0.5, 0.6) is 0 Å². The number of thiophene rings is 1. The van der Waals surface area contributed by atoms with Crippen molar-refractivity contribution < 1.29 is 9.21 Å². The Hall–Kier alpha value is -1.59. The van der Waals surface area contributed by atoms with Crippen molar-refractivity contribution in [3.8, 4) is 0 Å². The lowest BCUT2D eigenvalue weighted by molar-refractivity contribution is -0.123. The Morgan fingerprint density at radius 3 is 2.89 bits per heavy atom. The van der Waals surface area contributed by atoms with Crippen molar-refractivity contribution in [2.75, 3.05) is 0 Å². The first kappa shape index (κ1) is 13.8. The molecule has 0 aliphatic rings. The minimum absolute atomic E-state index is 0.0226. The van der Waals surface area contributed by atoms with Crippen LogP contribution in [0.15, 0.2) is 34.3 Å². The summed E-state index contributed by atoms with van der Waals surface area (Å²) in [6.45, 7) is 5.09. The van der Waals surface area contributed by atoms with Crippen LogP contribution in [-0.2, 0) is 17.9 Å². The fourth-order valence-corrected chi connectivity index (χ4v) is 2.52. The Kier molecular flexibility index (Phi) is 4.76. The number of rotatable bonds is 6. The van der Waals surface area contributed by atoms with E-state index < -0.39 is 0 Å². The van der Waals surface area contributed by atoms with Crippen LogP contribution in [0, 0.1) is 6.92 Å². The second kappa shape index (κ2) is 6.54. The van der Waals surface area contributed by atoms with Gasteiger partial charge in [-0.1, -0.05) is 0 Å². The molecule has 0 fully saturated rings. The molecule has 2 heterocycles. The number of hydrogen-bond donors (Lipinski definition) is 2. The molecule has 2 aromatic rings. The first-order chi connectivity index (χ1) is 9.16. The van der Waals surface area contributed by atoms with Gasteiger partial charge < -0.3 is 15.1 Å². The van der Waals surface area contributed by atoms with Gasteiger partial charge in [-0.25, -0.2) is 0 Å². The van der Waals surface area contributed by atoms with E-state index in [-0.39, 0.29) is 11.9 Å². The number of carbonyl (C=O) groups is 1. The molecule has 0 radical (unpaired) electrons. The van der Waals surface area contributed by atoms with Gasteiger partial charge in [0, 0.05) is 11.4 Å². The quantitative estimate of drug-likeness (QED) is 0.853. The third-order valence-corrected chi connectivity index (χ3v) is 3.97. The summed E-state index contributed by atoms with van der Waals surface area (Å²) in [5.41, 5.74) is 1.26. The normalized spacial score (nSPS) is 12.3. The van der Waals surface area contributed by atoms with Crippen molar-refractivity contribution >= 4 is 17.2 Å². The minimum atomic E-state index is -0.225. The second-order valence-corrected chi connectivity index (χ2v) is 5.43. The van der Waals surface area contributed by atoms with Crippen LogP contribution in [0.4, 0.5) is 0 Å². The maximum atomic E-state index is 11.9. The summed E-state index contributed by atoms with van der Waals surface area (Å²) >= 11 is 1.71. The lowest BCUT2D eigenvalue weighted by atomic mass is 10.2. The molecule has 0 aromatic carbocycles. The van der Waals surface area contributed by atoms with Crippen LogP contribution in [0.3, 0.4) is 0 Å². The monoisotopic (exact) mass is 278 g/mol.